The van der Waals surface area contributed by atoms with Crippen LogP contribution in [0.2, 0.25) is 0 Å². The number of aliphatic hydroxyl groups is 3. The van der Waals surface area contributed by atoms with Gasteiger partial charge in [0.15, 0.2) is 11.8 Å². The van der Waals surface area contributed by atoms with Gasteiger partial charge in [-0.2, -0.15) is 0 Å². The highest BCUT2D eigenvalue weighted by atomic mass is 16.5. The summed E-state index contributed by atoms with van der Waals surface area (Å²) in [5.41, 5.74) is -0.264. The van der Waals surface area contributed by atoms with Gasteiger partial charge < -0.3 is 25.2 Å². The number of ether oxygens (including phenoxy) is 1. The fourth-order valence-corrected chi connectivity index (χ4v) is 2.70. The summed E-state index contributed by atoms with van der Waals surface area (Å²) in [6.45, 7) is 4.59. The van der Waals surface area contributed by atoms with E-state index in [1.54, 1.807) is 6.92 Å². The van der Waals surface area contributed by atoms with Crippen LogP contribution in [-0.2, 0) is 21.5 Å². The third kappa shape index (κ3) is 3.56. The van der Waals surface area contributed by atoms with E-state index in [1.807, 2.05) is 0 Å². The molecule has 0 amide bonds. The molecule has 2 aromatic heterocycles. The zero-order chi connectivity index (χ0) is 19.9. The highest BCUT2D eigenvalue weighted by Crippen LogP contribution is 2.27. The van der Waals surface area contributed by atoms with Gasteiger partial charge in [-0.05, 0) is 20.8 Å². The lowest BCUT2D eigenvalue weighted by molar-refractivity contribution is -0.243. The van der Waals surface area contributed by atoms with Crippen LogP contribution in [0.3, 0.4) is 0 Å². The maximum atomic E-state index is 11.3. The number of rotatable bonds is 5. The molecule has 12 nitrogen and oxygen atoms in total. The first-order chi connectivity index (χ1) is 12.6. The van der Waals surface area contributed by atoms with Crippen molar-refractivity contribution in [3.63, 3.8) is 0 Å². The number of nitrogens with zero attached hydrogens (tertiary/aromatic N) is 6. The average Bonchev–Trinajstić information content (AvgIpc) is 3.26. The van der Waals surface area contributed by atoms with Crippen LogP contribution in [-0.4, -0.2) is 80.8 Å². The first kappa shape index (κ1) is 19.4. The smallest absolute Gasteiger partial charge is 0.331 e. The third-order valence-corrected chi connectivity index (χ3v) is 4.64. The maximum Gasteiger partial charge on any atom is 0.331 e. The van der Waals surface area contributed by atoms with E-state index in [0.717, 1.165) is 0 Å². The quantitative estimate of drug-likeness (QED) is 0.466. The minimum absolute atomic E-state index is 0.235. The third-order valence-electron chi connectivity index (χ3n) is 4.64. The molecule has 148 valence electrons. The van der Waals surface area contributed by atoms with Gasteiger partial charge in [0, 0.05) is 6.42 Å². The lowest BCUT2D eigenvalue weighted by Gasteiger charge is -2.38. The Morgan fingerprint density at radius 3 is 2.41 bits per heavy atom. The topological polar surface area (TPSA) is 169 Å². The second-order valence-corrected chi connectivity index (χ2v) is 7.09. The minimum Gasteiger partial charge on any atom is -0.479 e. The second-order valence-electron chi connectivity index (χ2n) is 7.09. The number of carboxylic acids is 1. The molecule has 5 atom stereocenters. The van der Waals surface area contributed by atoms with Crippen LogP contribution in [0.1, 0.15) is 38.4 Å². The number of carbonyl (C=O) groups is 1. The molecule has 0 unspecified atom stereocenters. The van der Waals surface area contributed by atoms with Gasteiger partial charge in [0.1, 0.15) is 18.3 Å². The van der Waals surface area contributed by atoms with Gasteiger partial charge in [-0.3, -0.25) is 0 Å². The summed E-state index contributed by atoms with van der Waals surface area (Å²) in [4.78, 5) is 11.3. The summed E-state index contributed by atoms with van der Waals surface area (Å²) >= 11 is 0. The predicted octanol–water partition coefficient (Wildman–Crippen LogP) is -1.72. The zero-order valence-corrected chi connectivity index (χ0v) is 15.0. The highest BCUT2D eigenvalue weighted by Gasteiger charge is 2.43. The minimum atomic E-state index is -1.37. The number of aliphatic carboxylic acids is 1. The van der Waals surface area contributed by atoms with Crippen molar-refractivity contribution in [2.45, 2.75) is 63.4 Å². The summed E-state index contributed by atoms with van der Waals surface area (Å²) in [6.07, 6.45) is -2.37. The molecule has 1 aliphatic heterocycles. The first-order valence-corrected chi connectivity index (χ1v) is 8.36. The molecule has 1 fully saturated rings. The van der Waals surface area contributed by atoms with E-state index >= 15 is 0 Å². The molecule has 0 bridgehead atoms. The molecule has 0 radical (unpaired) electrons. The normalized spacial score (nSPS) is 29.0. The summed E-state index contributed by atoms with van der Waals surface area (Å²) in [6, 6.07) is 0. The van der Waals surface area contributed by atoms with Crippen molar-refractivity contribution < 1.29 is 30.0 Å². The SMILES string of the molecule is C[C@@H]1O[C@H](n2cc(Cc3cn(C(C)(C)C(=O)O)nn3)nn2)[C@@H](O)[C@H](O)[C@@H]1O. The fraction of sp³-hybridized carbons (Fsp3) is 0.667. The first-order valence-electron chi connectivity index (χ1n) is 8.36. The Morgan fingerprint density at radius 1 is 1.11 bits per heavy atom. The molecular weight excluding hydrogens is 360 g/mol. The van der Waals surface area contributed by atoms with Gasteiger partial charge in [-0.1, -0.05) is 10.4 Å². The molecule has 0 spiro atoms. The van der Waals surface area contributed by atoms with Crippen molar-refractivity contribution >= 4 is 5.97 Å². The van der Waals surface area contributed by atoms with Crippen LogP contribution >= 0.6 is 0 Å². The van der Waals surface area contributed by atoms with Gasteiger partial charge in [0.25, 0.3) is 0 Å². The van der Waals surface area contributed by atoms with Crippen LogP contribution in [0.4, 0.5) is 0 Å². The number of carboxylic acid groups (broad SMARTS) is 1. The second kappa shape index (κ2) is 6.96. The predicted molar refractivity (Wildman–Crippen MR) is 87.4 cm³/mol. The summed E-state index contributed by atoms with van der Waals surface area (Å²) in [5, 5.41) is 54.7. The van der Waals surface area contributed by atoms with E-state index < -0.39 is 42.2 Å². The van der Waals surface area contributed by atoms with Crippen molar-refractivity contribution in [1.82, 2.24) is 30.0 Å². The number of hydrogen-bond acceptors (Lipinski definition) is 9. The zero-order valence-electron chi connectivity index (χ0n) is 15.0. The number of aromatic nitrogens is 6. The summed E-state index contributed by atoms with van der Waals surface area (Å²) in [5.74, 6) is -1.04. The number of hydrogen-bond donors (Lipinski definition) is 4. The lowest BCUT2D eigenvalue weighted by atomic mass is 9.99. The average molecular weight is 382 g/mol. The van der Waals surface area contributed by atoms with Crippen molar-refractivity contribution in [1.29, 1.82) is 0 Å². The largest absolute Gasteiger partial charge is 0.479 e. The van der Waals surface area contributed by atoms with Crippen molar-refractivity contribution in [2.75, 3.05) is 0 Å². The Hall–Kier alpha value is -2.41. The Labute approximate surface area is 154 Å². The van der Waals surface area contributed by atoms with E-state index in [1.165, 1.54) is 35.6 Å². The van der Waals surface area contributed by atoms with E-state index in [-0.39, 0.29) is 6.42 Å². The molecule has 1 aliphatic rings. The molecule has 4 N–H and O–H groups in total. The molecule has 0 saturated carbocycles. The van der Waals surface area contributed by atoms with Gasteiger partial charge in [-0.15, -0.1) is 10.2 Å². The monoisotopic (exact) mass is 382 g/mol. The summed E-state index contributed by atoms with van der Waals surface area (Å²) < 4.78 is 8.02. The van der Waals surface area contributed by atoms with E-state index in [4.69, 9.17) is 4.74 Å². The molecule has 1 saturated heterocycles. The molecule has 3 heterocycles. The molecule has 0 aliphatic carbocycles. The van der Waals surface area contributed by atoms with E-state index in [0.29, 0.717) is 11.4 Å². The Kier molecular flexibility index (Phi) is 4.99. The Bertz CT molecular complexity index is 819. The Balaban J connectivity index is 1.74. The van der Waals surface area contributed by atoms with E-state index in [9.17, 15) is 25.2 Å². The van der Waals surface area contributed by atoms with Crippen molar-refractivity contribution in [3.05, 3.63) is 23.8 Å². The number of aliphatic hydroxyl groups excluding tert-OH is 3. The fourth-order valence-electron chi connectivity index (χ4n) is 2.70. The van der Waals surface area contributed by atoms with Gasteiger partial charge in [-0.25, -0.2) is 14.2 Å². The standard InChI is InChI=1S/C15H22N6O6/c1-7-10(22)11(23)12(24)13(27-7)20-5-8(16-18-20)4-9-6-21(19-17-9)15(2,3)14(25)26/h5-7,10-13,22-24H,4H2,1-3H3,(H,25,26)/t7-,10+,11+,12-,13-/m0/s1. The Morgan fingerprint density at radius 2 is 1.74 bits per heavy atom. The van der Waals surface area contributed by atoms with E-state index in [2.05, 4.69) is 20.6 Å². The van der Waals surface area contributed by atoms with Crippen LogP contribution < -0.4 is 0 Å². The van der Waals surface area contributed by atoms with Crippen LogP contribution in [0.25, 0.3) is 0 Å². The molecular formula is C15H22N6O6. The van der Waals surface area contributed by atoms with Crippen LogP contribution in [0, 0.1) is 0 Å². The van der Waals surface area contributed by atoms with Crippen molar-refractivity contribution in [3.8, 4) is 0 Å². The van der Waals surface area contributed by atoms with Crippen LogP contribution in [0.15, 0.2) is 12.4 Å². The molecule has 3 rings (SSSR count). The van der Waals surface area contributed by atoms with Gasteiger partial charge in [0.05, 0.1) is 29.9 Å². The molecule has 0 aromatic carbocycles. The lowest BCUT2D eigenvalue weighted by Crippen LogP contribution is -2.54. The maximum absolute atomic E-state index is 11.3. The highest BCUT2D eigenvalue weighted by molar-refractivity contribution is 5.75. The molecule has 2 aromatic rings. The van der Waals surface area contributed by atoms with Gasteiger partial charge in [0.2, 0.25) is 0 Å². The molecule has 27 heavy (non-hydrogen) atoms. The van der Waals surface area contributed by atoms with Crippen molar-refractivity contribution in [2.24, 2.45) is 0 Å². The molecule has 12 heteroatoms. The summed E-state index contributed by atoms with van der Waals surface area (Å²) in [7, 11) is 0. The van der Waals surface area contributed by atoms with Crippen LogP contribution in [0.5, 0.6) is 0 Å². The van der Waals surface area contributed by atoms with Gasteiger partial charge >= 0.3 is 5.97 Å².